The molecule has 0 aliphatic carbocycles. The summed E-state index contributed by atoms with van der Waals surface area (Å²) in [6.45, 7) is 0. The number of rotatable bonds is 2. The fourth-order valence-electron chi connectivity index (χ4n) is 6.86. The molecular weight excluding hydrogens is 555 g/mol. The minimum atomic E-state index is 1.01. The van der Waals surface area contributed by atoms with Gasteiger partial charge in [0.2, 0.25) is 0 Å². The average Bonchev–Trinajstić information content (AvgIpc) is 3.67. The number of imidazole rings is 1. The summed E-state index contributed by atoms with van der Waals surface area (Å²) >= 11 is 1.85. The van der Waals surface area contributed by atoms with Crippen LogP contribution >= 0.6 is 11.3 Å². The highest BCUT2D eigenvalue weighted by Gasteiger charge is 2.18. The van der Waals surface area contributed by atoms with Crippen molar-refractivity contribution >= 4 is 80.6 Å². The lowest BCUT2D eigenvalue weighted by Gasteiger charge is -2.11. The fraction of sp³-hybridized carbons (Fsp3) is 0. The Morgan fingerprint density at radius 1 is 0.477 bits per heavy atom. The third kappa shape index (κ3) is 3.37. The maximum Gasteiger partial charge on any atom is 0.156 e. The highest BCUT2D eigenvalue weighted by atomic mass is 32.1. The Morgan fingerprint density at radius 3 is 2.11 bits per heavy atom. The molecular formula is C40H23N3S. The third-order valence-electron chi connectivity index (χ3n) is 9.01. The zero-order valence-electron chi connectivity index (χ0n) is 23.5. The fourth-order valence-corrected chi connectivity index (χ4v) is 8.16. The van der Waals surface area contributed by atoms with E-state index in [2.05, 4.69) is 138 Å². The second kappa shape index (κ2) is 8.96. The summed E-state index contributed by atoms with van der Waals surface area (Å²) in [6.07, 6.45) is 1.97. The number of hydrogen-bond donors (Lipinski definition) is 0. The maximum absolute atomic E-state index is 5.19. The summed E-state index contributed by atoms with van der Waals surface area (Å²) in [5.74, 6) is 0. The van der Waals surface area contributed by atoms with E-state index in [9.17, 15) is 0 Å². The van der Waals surface area contributed by atoms with Crippen LogP contribution in [0.4, 0.5) is 0 Å². The van der Waals surface area contributed by atoms with Crippen molar-refractivity contribution in [2.75, 3.05) is 0 Å². The summed E-state index contributed by atoms with van der Waals surface area (Å²) in [5.41, 5.74) is 8.80. The van der Waals surface area contributed by atoms with Crippen LogP contribution in [0.2, 0.25) is 0 Å². The van der Waals surface area contributed by atoms with Crippen LogP contribution in [0.15, 0.2) is 140 Å². The molecule has 204 valence electrons. The number of thiophene rings is 1. The van der Waals surface area contributed by atoms with E-state index in [0.717, 1.165) is 39.0 Å². The van der Waals surface area contributed by atoms with E-state index in [4.69, 9.17) is 9.97 Å². The largest absolute Gasteiger partial charge is 0.291 e. The maximum atomic E-state index is 5.19. The standard InChI is InChI=1S/C40H23N3S/c1-4-10-30-25(7-1)17-20-32-33-22-37(43-36-12-6-5-11-34(36)42-40(43)39(33)44-38(30)32)26-15-13-24(14-16-26)27-18-19-31-29-9-3-2-8-28(29)23-41-35(31)21-27/h1-23H. The Hall–Kier alpha value is -5.58. The lowest BCUT2D eigenvalue weighted by Crippen LogP contribution is -1.93. The Bertz CT molecular complexity index is 2770. The zero-order valence-corrected chi connectivity index (χ0v) is 24.3. The molecule has 44 heavy (non-hydrogen) atoms. The van der Waals surface area contributed by atoms with Gasteiger partial charge in [-0.1, -0.05) is 109 Å². The molecule has 0 aliphatic rings. The van der Waals surface area contributed by atoms with Gasteiger partial charge in [0.1, 0.15) is 0 Å². The number of nitrogens with zero attached hydrogens (tertiary/aromatic N) is 3. The van der Waals surface area contributed by atoms with Crippen molar-refractivity contribution in [1.82, 2.24) is 14.4 Å². The predicted molar refractivity (Wildman–Crippen MR) is 187 cm³/mol. The van der Waals surface area contributed by atoms with Gasteiger partial charge in [-0.3, -0.25) is 9.38 Å². The van der Waals surface area contributed by atoms with Gasteiger partial charge in [0.25, 0.3) is 0 Å². The van der Waals surface area contributed by atoms with Gasteiger partial charge in [0.15, 0.2) is 5.65 Å². The highest BCUT2D eigenvalue weighted by Crippen LogP contribution is 2.43. The smallest absolute Gasteiger partial charge is 0.156 e. The van der Waals surface area contributed by atoms with Crippen LogP contribution in [-0.2, 0) is 0 Å². The molecule has 0 fully saturated rings. The van der Waals surface area contributed by atoms with Gasteiger partial charge in [0, 0.05) is 32.4 Å². The number of aromatic nitrogens is 3. The van der Waals surface area contributed by atoms with Gasteiger partial charge < -0.3 is 0 Å². The van der Waals surface area contributed by atoms with E-state index < -0.39 is 0 Å². The first kappa shape index (κ1) is 23.9. The molecule has 0 unspecified atom stereocenters. The van der Waals surface area contributed by atoms with Crippen molar-refractivity contribution in [3.63, 3.8) is 0 Å². The minimum absolute atomic E-state index is 1.01. The number of hydrogen-bond acceptors (Lipinski definition) is 3. The average molecular weight is 578 g/mol. The Labute approximate surface area is 256 Å². The van der Waals surface area contributed by atoms with Crippen molar-refractivity contribution < 1.29 is 0 Å². The molecule has 0 saturated heterocycles. The molecule has 0 spiro atoms. The van der Waals surface area contributed by atoms with Crippen LogP contribution in [0.3, 0.4) is 0 Å². The van der Waals surface area contributed by atoms with E-state index >= 15 is 0 Å². The molecule has 0 atom stereocenters. The van der Waals surface area contributed by atoms with Crippen LogP contribution in [0, 0.1) is 0 Å². The molecule has 4 heterocycles. The van der Waals surface area contributed by atoms with Crippen LogP contribution in [0.1, 0.15) is 0 Å². The van der Waals surface area contributed by atoms with Crippen molar-refractivity contribution in [3.8, 4) is 22.4 Å². The van der Waals surface area contributed by atoms with Crippen LogP contribution < -0.4 is 0 Å². The van der Waals surface area contributed by atoms with E-state index in [1.807, 2.05) is 17.5 Å². The quantitative estimate of drug-likeness (QED) is 0.191. The van der Waals surface area contributed by atoms with Crippen LogP contribution in [0.5, 0.6) is 0 Å². The van der Waals surface area contributed by atoms with E-state index in [1.165, 1.54) is 52.7 Å². The van der Waals surface area contributed by atoms with Gasteiger partial charge in [-0.25, -0.2) is 4.98 Å². The highest BCUT2D eigenvalue weighted by molar-refractivity contribution is 7.27. The molecule has 0 aliphatic heterocycles. The number of para-hydroxylation sites is 2. The first-order valence-electron chi connectivity index (χ1n) is 14.8. The summed E-state index contributed by atoms with van der Waals surface area (Å²) < 4.78 is 4.89. The molecule has 0 radical (unpaired) electrons. The minimum Gasteiger partial charge on any atom is -0.291 e. The predicted octanol–water partition coefficient (Wildman–Crippen LogP) is 11.0. The molecule has 3 nitrogen and oxygen atoms in total. The van der Waals surface area contributed by atoms with Gasteiger partial charge in [-0.15, -0.1) is 11.3 Å². The molecule has 10 aromatic rings. The molecule has 0 N–H and O–H groups in total. The van der Waals surface area contributed by atoms with Crippen LogP contribution in [-0.4, -0.2) is 14.4 Å². The summed E-state index contributed by atoms with van der Waals surface area (Å²) in [5, 5.41) is 8.69. The molecule has 4 heteroatoms. The van der Waals surface area contributed by atoms with Crippen molar-refractivity contribution in [2.24, 2.45) is 0 Å². The molecule has 0 saturated carbocycles. The van der Waals surface area contributed by atoms with Gasteiger partial charge in [-0.05, 0) is 57.1 Å². The van der Waals surface area contributed by atoms with Crippen molar-refractivity contribution in [3.05, 3.63) is 140 Å². The van der Waals surface area contributed by atoms with Gasteiger partial charge >= 0.3 is 0 Å². The summed E-state index contributed by atoms with van der Waals surface area (Å²) in [7, 11) is 0. The second-order valence-electron chi connectivity index (χ2n) is 11.5. The summed E-state index contributed by atoms with van der Waals surface area (Å²) in [4.78, 5) is 9.96. The van der Waals surface area contributed by atoms with E-state index in [-0.39, 0.29) is 0 Å². The van der Waals surface area contributed by atoms with Gasteiger partial charge in [-0.2, -0.15) is 0 Å². The van der Waals surface area contributed by atoms with Crippen LogP contribution in [0.25, 0.3) is 91.7 Å². The Balaban J connectivity index is 1.18. The summed E-state index contributed by atoms with van der Waals surface area (Å²) in [6, 6.07) is 48.0. The monoisotopic (exact) mass is 577 g/mol. The number of pyridine rings is 2. The van der Waals surface area contributed by atoms with E-state index in [0.29, 0.717) is 0 Å². The lowest BCUT2D eigenvalue weighted by molar-refractivity contribution is 1.25. The molecule has 0 amide bonds. The molecule has 10 rings (SSSR count). The normalized spacial score (nSPS) is 12.1. The Morgan fingerprint density at radius 2 is 1.20 bits per heavy atom. The molecule has 6 aromatic carbocycles. The van der Waals surface area contributed by atoms with Crippen molar-refractivity contribution in [1.29, 1.82) is 0 Å². The second-order valence-corrected chi connectivity index (χ2v) is 12.5. The number of benzene rings is 6. The number of fused-ring (bicyclic) bond motifs is 12. The first-order valence-corrected chi connectivity index (χ1v) is 15.6. The first-order chi connectivity index (χ1) is 21.8. The third-order valence-corrected chi connectivity index (χ3v) is 10.3. The van der Waals surface area contributed by atoms with Gasteiger partial charge in [0.05, 0.1) is 26.9 Å². The zero-order chi connectivity index (χ0) is 28.8. The molecule has 4 aromatic heterocycles. The van der Waals surface area contributed by atoms with Crippen molar-refractivity contribution in [2.45, 2.75) is 0 Å². The SMILES string of the molecule is c1ccc2c(c1)cnc1cc(-c3ccc(-c4cc5c6ccc7ccccc7c6sc5c5nc6ccccc6n45)cc3)ccc12. The lowest BCUT2D eigenvalue weighted by atomic mass is 9.99. The topological polar surface area (TPSA) is 30.2 Å². The molecule has 0 bridgehead atoms. The van der Waals surface area contributed by atoms with E-state index in [1.54, 1.807) is 0 Å². The Kier molecular flexibility index (Phi) is 4.87.